The van der Waals surface area contributed by atoms with Gasteiger partial charge in [-0.1, -0.05) is 54.1 Å². The number of aliphatic hydroxyl groups excluding tert-OH is 1. The van der Waals surface area contributed by atoms with Gasteiger partial charge in [0.15, 0.2) is 0 Å². The molecule has 0 saturated heterocycles. The zero-order valence-electron chi connectivity index (χ0n) is 10.9. The maximum absolute atomic E-state index is 10.1. The third kappa shape index (κ3) is 4.06. The monoisotopic (exact) mass is 275 g/mol. The first-order valence-electron chi connectivity index (χ1n) is 6.38. The molecular weight excluding hydrogens is 258 g/mol. The number of halogens is 1. The standard InChI is InChI=1S/C16H18ClNO/c1-12(13-5-3-2-4-6-13)18-11-16(19)14-7-9-15(17)10-8-14/h2-10,12,16,18-19H,11H2,1H3. The summed E-state index contributed by atoms with van der Waals surface area (Å²) >= 11 is 5.83. The van der Waals surface area contributed by atoms with E-state index in [0.717, 1.165) is 5.56 Å². The molecule has 0 aromatic heterocycles. The van der Waals surface area contributed by atoms with Gasteiger partial charge in [0.1, 0.15) is 0 Å². The molecule has 0 spiro atoms. The fourth-order valence-electron chi connectivity index (χ4n) is 1.95. The van der Waals surface area contributed by atoms with Crippen LogP contribution in [0, 0.1) is 0 Å². The van der Waals surface area contributed by atoms with Crippen molar-refractivity contribution in [1.29, 1.82) is 0 Å². The number of hydrogen-bond acceptors (Lipinski definition) is 2. The van der Waals surface area contributed by atoms with E-state index in [-0.39, 0.29) is 6.04 Å². The molecule has 0 amide bonds. The predicted molar refractivity (Wildman–Crippen MR) is 79.3 cm³/mol. The van der Waals surface area contributed by atoms with Gasteiger partial charge in [-0.2, -0.15) is 0 Å². The third-order valence-corrected chi connectivity index (χ3v) is 3.42. The lowest BCUT2D eigenvalue weighted by Crippen LogP contribution is -2.24. The highest BCUT2D eigenvalue weighted by molar-refractivity contribution is 6.30. The Bertz CT molecular complexity index is 498. The number of benzene rings is 2. The summed E-state index contributed by atoms with van der Waals surface area (Å²) in [6, 6.07) is 17.7. The minimum atomic E-state index is -0.525. The lowest BCUT2D eigenvalue weighted by molar-refractivity contribution is 0.171. The van der Waals surface area contributed by atoms with Gasteiger partial charge in [0.05, 0.1) is 6.10 Å². The second kappa shape index (κ2) is 6.71. The van der Waals surface area contributed by atoms with Crippen LogP contribution in [0.15, 0.2) is 54.6 Å². The number of hydrogen-bond donors (Lipinski definition) is 2. The van der Waals surface area contributed by atoms with Crippen LogP contribution >= 0.6 is 11.6 Å². The lowest BCUT2D eigenvalue weighted by Gasteiger charge is -2.17. The third-order valence-electron chi connectivity index (χ3n) is 3.17. The van der Waals surface area contributed by atoms with Gasteiger partial charge in [-0.15, -0.1) is 0 Å². The maximum atomic E-state index is 10.1. The van der Waals surface area contributed by atoms with Crippen LogP contribution in [0.5, 0.6) is 0 Å². The van der Waals surface area contributed by atoms with Crippen LogP contribution in [-0.4, -0.2) is 11.7 Å². The van der Waals surface area contributed by atoms with Gasteiger partial charge in [-0.25, -0.2) is 0 Å². The van der Waals surface area contributed by atoms with Crippen molar-refractivity contribution < 1.29 is 5.11 Å². The van der Waals surface area contributed by atoms with Crippen molar-refractivity contribution in [1.82, 2.24) is 5.32 Å². The normalized spacial score (nSPS) is 14.1. The molecule has 2 aromatic rings. The zero-order valence-corrected chi connectivity index (χ0v) is 11.6. The first-order valence-corrected chi connectivity index (χ1v) is 6.76. The quantitative estimate of drug-likeness (QED) is 0.872. The first-order chi connectivity index (χ1) is 9.16. The van der Waals surface area contributed by atoms with E-state index < -0.39 is 6.10 Å². The van der Waals surface area contributed by atoms with E-state index in [0.29, 0.717) is 11.6 Å². The first kappa shape index (κ1) is 14.1. The van der Waals surface area contributed by atoms with Gasteiger partial charge in [-0.05, 0) is 30.2 Å². The van der Waals surface area contributed by atoms with E-state index >= 15 is 0 Å². The van der Waals surface area contributed by atoms with Crippen LogP contribution in [0.1, 0.15) is 30.2 Å². The molecule has 3 heteroatoms. The van der Waals surface area contributed by atoms with Crippen molar-refractivity contribution in [2.75, 3.05) is 6.54 Å². The molecular formula is C16H18ClNO. The van der Waals surface area contributed by atoms with Gasteiger partial charge >= 0.3 is 0 Å². The van der Waals surface area contributed by atoms with Gasteiger partial charge in [-0.3, -0.25) is 0 Å². The second-order valence-electron chi connectivity index (χ2n) is 4.61. The molecule has 2 rings (SSSR count). The molecule has 0 bridgehead atoms. The van der Waals surface area contributed by atoms with Crippen molar-refractivity contribution in [2.24, 2.45) is 0 Å². The Balaban J connectivity index is 1.90. The fraction of sp³-hybridized carbons (Fsp3) is 0.250. The molecule has 2 aromatic carbocycles. The molecule has 0 aliphatic rings. The van der Waals surface area contributed by atoms with Crippen LogP contribution in [0.3, 0.4) is 0 Å². The average Bonchev–Trinajstić information content (AvgIpc) is 2.46. The largest absolute Gasteiger partial charge is 0.387 e. The van der Waals surface area contributed by atoms with E-state index in [9.17, 15) is 5.11 Å². The topological polar surface area (TPSA) is 32.3 Å². The molecule has 100 valence electrons. The summed E-state index contributed by atoms with van der Waals surface area (Å²) in [6.07, 6.45) is -0.525. The Morgan fingerprint density at radius 1 is 1.00 bits per heavy atom. The highest BCUT2D eigenvalue weighted by Gasteiger charge is 2.10. The highest BCUT2D eigenvalue weighted by Crippen LogP contribution is 2.17. The van der Waals surface area contributed by atoms with Crippen molar-refractivity contribution in [2.45, 2.75) is 19.1 Å². The smallest absolute Gasteiger partial charge is 0.0914 e. The van der Waals surface area contributed by atoms with Crippen LogP contribution < -0.4 is 5.32 Å². The van der Waals surface area contributed by atoms with Gasteiger partial charge in [0, 0.05) is 17.6 Å². The van der Waals surface area contributed by atoms with E-state index in [1.54, 1.807) is 12.1 Å². The number of rotatable bonds is 5. The molecule has 2 unspecified atom stereocenters. The SMILES string of the molecule is CC(NCC(O)c1ccc(Cl)cc1)c1ccccc1. The number of aliphatic hydroxyl groups is 1. The Labute approximate surface area is 119 Å². The van der Waals surface area contributed by atoms with Crippen LogP contribution in [-0.2, 0) is 0 Å². The van der Waals surface area contributed by atoms with E-state index in [2.05, 4.69) is 24.4 Å². The number of nitrogens with one attached hydrogen (secondary N) is 1. The van der Waals surface area contributed by atoms with Crippen molar-refractivity contribution in [3.05, 3.63) is 70.7 Å². The van der Waals surface area contributed by atoms with Crippen LogP contribution in [0.4, 0.5) is 0 Å². The molecule has 0 radical (unpaired) electrons. The molecule has 0 fully saturated rings. The molecule has 0 saturated carbocycles. The Kier molecular flexibility index (Phi) is 4.97. The molecule has 0 heterocycles. The summed E-state index contributed by atoms with van der Waals surface area (Å²) in [5, 5.41) is 14.1. The van der Waals surface area contributed by atoms with E-state index in [1.165, 1.54) is 5.56 Å². The predicted octanol–water partition coefficient (Wildman–Crippen LogP) is 3.72. The minimum Gasteiger partial charge on any atom is -0.387 e. The summed E-state index contributed by atoms with van der Waals surface area (Å²) in [5.41, 5.74) is 2.09. The fourth-order valence-corrected chi connectivity index (χ4v) is 2.08. The van der Waals surface area contributed by atoms with Gasteiger partial charge in [0.2, 0.25) is 0 Å². The second-order valence-corrected chi connectivity index (χ2v) is 5.04. The molecule has 2 nitrogen and oxygen atoms in total. The summed E-state index contributed by atoms with van der Waals surface area (Å²) in [7, 11) is 0. The summed E-state index contributed by atoms with van der Waals surface area (Å²) in [6.45, 7) is 2.60. The maximum Gasteiger partial charge on any atom is 0.0914 e. The summed E-state index contributed by atoms with van der Waals surface area (Å²) < 4.78 is 0. The Hall–Kier alpha value is -1.35. The Morgan fingerprint density at radius 2 is 1.63 bits per heavy atom. The molecule has 19 heavy (non-hydrogen) atoms. The van der Waals surface area contributed by atoms with Crippen molar-refractivity contribution in [3.63, 3.8) is 0 Å². The van der Waals surface area contributed by atoms with Gasteiger partial charge in [0.25, 0.3) is 0 Å². The summed E-state index contributed by atoms with van der Waals surface area (Å²) in [5.74, 6) is 0. The summed E-state index contributed by atoms with van der Waals surface area (Å²) in [4.78, 5) is 0. The molecule has 2 N–H and O–H groups in total. The highest BCUT2D eigenvalue weighted by atomic mass is 35.5. The van der Waals surface area contributed by atoms with Crippen molar-refractivity contribution >= 4 is 11.6 Å². The van der Waals surface area contributed by atoms with Crippen molar-refractivity contribution in [3.8, 4) is 0 Å². The average molecular weight is 276 g/mol. The van der Waals surface area contributed by atoms with E-state index in [4.69, 9.17) is 11.6 Å². The molecule has 2 atom stereocenters. The Morgan fingerprint density at radius 3 is 2.26 bits per heavy atom. The van der Waals surface area contributed by atoms with Crippen LogP contribution in [0.25, 0.3) is 0 Å². The van der Waals surface area contributed by atoms with Crippen LogP contribution in [0.2, 0.25) is 5.02 Å². The molecule has 0 aliphatic carbocycles. The minimum absolute atomic E-state index is 0.211. The van der Waals surface area contributed by atoms with E-state index in [1.807, 2.05) is 30.3 Å². The van der Waals surface area contributed by atoms with Gasteiger partial charge < -0.3 is 10.4 Å². The zero-order chi connectivity index (χ0) is 13.7. The molecule has 0 aliphatic heterocycles. The lowest BCUT2D eigenvalue weighted by atomic mass is 10.1.